The first-order chi connectivity index (χ1) is 13.8. The molecule has 8 heteroatoms. The van der Waals surface area contributed by atoms with Crippen molar-refractivity contribution in [2.75, 3.05) is 20.2 Å². The smallest absolute Gasteiger partial charge is 0.336 e. The van der Waals surface area contributed by atoms with Gasteiger partial charge in [-0.3, -0.25) is 0 Å². The molecule has 0 spiro atoms. The molecule has 0 saturated carbocycles. The molecule has 0 aliphatic carbocycles. The molecule has 2 aromatic carbocycles. The maximum Gasteiger partial charge on any atom is 0.336 e. The molecule has 0 radical (unpaired) electrons. The fraction of sp³-hybridized carbons (Fsp3) is 0.238. The molecule has 1 N–H and O–H groups in total. The topological polar surface area (TPSA) is 96.8 Å². The third-order valence-electron chi connectivity index (χ3n) is 4.72. The molecule has 29 heavy (non-hydrogen) atoms. The first-order valence-electron chi connectivity index (χ1n) is 9.14. The van der Waals surface area contributed by atoms with E-state index < -0.39 is 16.0 Å². The molecule has 7 nitrogen and oxygen atoms in total. The highest BCUT2D eigenvalue weighted by molar-refractivity contribution is 7.89. The van der Waals surface area contributed by atoms with Crippen LogP contribution in [0.5, 0.6) is 5.75 Å². The van der Waals surface area contributed by atoms with Gasteiger partial charge in [-0.25, -0.2) is 18.2 Å². The van der Waals surface area contributed by atoms with E-state index in [0.717, 1.165) is 0 Å². The molecule has 0 aliphatic rings. The number of carbonyl (C=O) groups is 1. The van der Waals surface area contributed by atoms with Crippen molar-refractivity contribution in [3.05, 3.63) is 54.1 Å². The fourth-order valence-corrected chi connectivity index (χ4v) is 4.67. The van der Waals surface area contributed by atoms with Crippen LogP contribution in [0.2, 0.25) is 0 Å². The quantitative estimate of drug-likeness (QED) is 0.634. The van der Waals surface area contributed by atoms with E-state index in [4.69, 9.17) is 4.74 Å². The maximum atomic E-state index is 12.8. The summed E-state index contributed by atoms with van der Waals surface area (Å²) in [5, 5.41) is 10.0. The van der Waals surface area contributed by atoms with E-state index in [9.17, 15) is 18.3 Å². The molecule has 0 amide bonds. The normalized spacial score (nSPS) is 11.7. The van der Waals surface area contributed by atoms with Gasteiger partial charge in [0.1, 0.15) is 5.75 Å². The molecule has 0 aliphatic heterocycles. The van der Waals surface area contributed by atoms with E-state index in [0.29, 0.717) is 35.6 Å². The molecule has 0 unspecified atom stereocenters. The van der Waals surface area contributed by atoms with Gasteiger partial charge in [0.15, 0.2) is 0 Å². The number of ether oxygens (including phenoxy) is 1. The molecule has 0 bridgehead atoms. The summed E-state index contributed by atoms with van der Waals surface area (Å²) in [5.74, 6) is -0.527. The summed E-state index contributed by atoms with van der Waals surface area (Å²) < 4.78 is 32.2. The van der Waals surface area contributed by atoms with E-state index >= 15 is 0 Å². The van der Waals surface area contributed by atoms with Crippen LogP contribution in [0, 0.1) is 0 Å². The summed E-state index contributed by atoms with van der Waals surface area (Å²) in [7, 11) is -2.16. The lowest BCUT2D eigenvalue weighted by Gasteiger charge is -2.19. The van der Waals surface area contributed by atoms with Crippen LogP contribution in [0.15, 0.2) is 53.4 Å². The fourth-order valence-electron chi connectivity index (χ4n) is 3.19. The van der Waals surface area contributed by atoms with E-state index in [2.05, 4.69) is 4.98 Å². The highest BCUT2D eigenvalue weighted by atomic mass is 32.2. The minimum Gasteiger partial charge on any atom is -0.497 e. The van der Waals surface area contributed by atoms with E-state index in [1.54, 1.807) is 45.2 Å². The third-order valence-corrected chi connectivity index (χ3v) is 6.77. The highest BCUT2D eigenvalue weighted by Gasteiger charge is 2.23. The number of rotatable bonds is 7. The van der Waals surface area contributed by atoms with E-state index in [1.807, 2.05) is 6.07 Å². The van der Waals surface area contributed by atoms with Gasteiger partial charge in [-0.15, -0.1) is 0 Å². The number of fused-ring (bicyclic) bond motifs is 1. The van der Waals surface area contributed by atoms with Gasteiger partial charge in [0, 0.05) is 24.0 Å². The van der Waals surface area contributed by atoms with E-state index in [1.165, 1.54) is 22.5 Å². The summed E-state index contributed by atoms with van der Waals surface area (Å²) in [6.07, 6.45) is 0. The zero-order chi connectivity index (χ0) is 21.2. The van der Waals surface area contributed by atoms with Crippen LogP contribution in [0.25, 0.3) is 22.2 Å². The molecule has 0 fully saturated rings. The summed E-state index contributed by atoms with van der Waals surface area (Å²) in [6.45, 7) is 4.17. The number of hydrogen-bond donors (Lipinski definition) is 1. The van der Waals surface area contributed by atoms with Crippen molar-refractivity contribution in [1.82, 2.24) is 9.29 Å². The van der Waals surface area contributed by atoms with Crippen LogP contribution < -0.4 is 4.74 Å². The van der Waals surface area contributed by atoms with Crippen molar-refractivity contribution in [3.63, 3.8) is 0 Å². The van der Waals surface area contributed by atoms with Crippen LogP contribution in [-0.4, -0.2) is 49.0 Å². The number of nitrogens with zero attached hydrogens (tertiary/aromatic N) is 2. The standard InChI is InChI=1S/C21H22N2O5S/c1-4-23(5-2)29(26,27)16-9-10-19-17(12-16)18(21(24)25)13-20(22-19)14-7-6-8-15(11-14)28-3/h6-13H,4-5H2,1-3H3,(H,24,25). The Morgan fingerprint density at radius 3 is 2.45 bits per heavy atom. The van der Waals surface area contributed by atoms with Crippen molar-refractivity contribution in [2.45, 2.75) is 18.7 Å². The average molecular weight is 414 g/mol. The van der Waals surface area contributed by atoms with Gasteiger partial charge < -0.3 is 9.84 Å². The van der Waals surface area contributed by atoms with Gasteiger partial charge >= 0.3 is 5.97 Å². The Labute approximate surface area is 169 Å². The largest absolute Gasteiger partial charge is 0.497 e. The van der Waals surface area contributed by atoms with Crippen molar-refractivity contribution in [2.24, 2.45) is 0 Å². The van der Waals surface area contributed by atoms with Gasteiger partial charge in [0.2, 0.25) is 10.0 Å². The molecule has 1 heterocycles. The van der Waals surface area contributed by atoms with Crippen molar-refractivity contribution in [3.8, 4) is 17.0 Å². The highest BCUT2D eigenvalue weighted by Crippen LogP contribution is 2.29. The Bertz CT molecular complexity index is 1170. The number of hydrogen-bond acceptors (Lipinski definition) is 5. The monoisotopic (exact) mass is 414 g/mol. The number of benzene rings is 2. The van der Waals surface area contributed by atoms with Crippen LogP contribution in [-0.2, 0) is 10.0 Å². The Balaban J connectivity index is 2.22. The average Bonchev–Trinajstić information content (AvgIpc) is 2.73. The molecule has 3 aromatic rings. The minimum atomic E-state index is -3.71. The van der Waals surface area contributed by atoms with Crippen LogP contribution in [0.3, 0.4) is 0 Å². The molecule has 152 valence electrons. The number of sulfonamides is 1. The molecule has 3 rings (SSSR count). The second-order valence-corrected chi connectivity index (χ2v) is 8.30. The van der Waals surface area contributed by atoms with Crippen molar-refractivity contribution >= 4 is 26.9 Å². The Hall–Kier alpha value is -2.97. The lowest BCUT2D eigenvalue weighted by Crippen LogP contribution is -2.30. The summed E-state index contributed by atoms with van der Waals surface area (Å²) in [4.78, 5) is 16.5. The summed E-state index contributed by atoms with van der Waals surface area (Å²) in [5.41, 5.74) is 1.56. The number of pyridine rings is 1. The number of carboxylic acids is 1. The number of carboxylic acid groups (broad SMARTS) is 1. The van der Waals surface area contributed by atoms with Gasteiger partial charge in [-0.2, -0.15) is 4.31 Å². The molecule has 0 atom stereocenters. The molecular formula is C21H22N2O5S. The van der Waals surface area contributed by atoms with Gasteiger partial charge in [-0.1, -0.05) is 26.0 Å². The number of aromatic carboxylic acids is 1. The summed E-state index contributed by atoms with van der Waals surface area (Å²) in [6, 6.07) is 13.0. The SMILES string of the molecule is CCN(CC)S(=O)(=O)c1ccc2nc(-c3cccc(OC)c3)cc(C(=O)O)c2c1. The Morgan fingerprint density at radius 2 is 1.83 bits per heavy atom. The third kappa shape index (κ3) is 3.94. The van der Waals surface area contributed by atoms with Crippen molar-refractivity contribution in [1.29, 1.82) is 0 Å². The zero-order valence-electron chi connectivity index (χ0n) is 16.4. The molecule has 0 saturated heterocycles. The Morgan fingerprint density at radius 1 is 1.10 bits per heavy atom. The first kappa shape index (κ1) is 20.8. The summed E-state index contributed by atoms with van der Waals surface area (Å²) >= 11 is 0. The number of aromatic nitrogens is 1. The maximum absolute atomic E-state index is 12.8. The van der Waals surface area contributed by atoms with Crippen molar-refractivity contribution < 1.29 is 23.1 Å². The minimum absolute atomic E-state index is 0.00980. The Kier molecular flexibility index (Phi) is 5.86. The van der Waals surface area contributed by atoms with Gasteiger partial charge in [0.25, 0.3) is 0 Å². The van der Waals surface area contributed by atoms with Crippen LogP contribution in [0.4, 0.5) is 0 Å². The van der Waals surface area contributed by atoms with E-state index in [-0.39, 0.29) is 15.8 Å². The predicted molar refractivity (Wildman–Crippen MR) is 111 cm³/mol. The lowest BCUT2D eigenvalue weighted by atomic mass is 10.0. The zero-order valence-corrected chi connectivity index (χ0v) is 17.2. The first-order valence-corrected chi connectivity index (χ1v) is 10.6. The second-order valence-electron chi connectivity index (χ2n) is 6.36. The lowest BCUT2D eigenvalue weighted by molar-refractivity contribution is 0.0699. The molecular weight excluding hydrogens is 392 g/mol. The van der Waals surface area contributed by atoms with Gasteiger partial charge in [-0.05, 0) is 36.4 Å². The second kappa shape index (κ2) is 8.18. The molecule has 1 aromatic heterocycles. The van der Waals surface area contributed by atoms with Crippen LogP contribution >= 0.6 is 0 Å². The van der Waals surface area contributed by atoms with Gasteiger partial charge in [0.05, 0.1) is 28.8 Å². The van der Waals surface area contributed by atoms with Crippen LogP contribution in [0.1, 0.15) is 24.2 Å². The number of methoxy groups -OCH3 is 1. The predicted octanol–water partition coefficient (Wildman–Crippen LogP) is 3.64.